The van der Waals surface area contributed by atoms with Crippen LogP contribution in [0.1, 0.15) is 19.1 Å². The van der Waals surface area contributed by atoms with Crippen molar-refractivity contribution in [3.8, 4) is 0 Å². The van der Waals surface area contributed by atoms with E-state index >= 15 is 0 Å². The predicted molar refractivity (Wildman–Crippen MR) is 58.6 cm³/mol. The standard InChI is InChI=1S/C10H17NO2S/c1-9(5-7-14(2)12)11-8-10-4-3-6-13-10/h3-4,6,9,11H,5,7-8H2,1-2H3. The van der Waals surface area contributed by atoms with Crippen molar-refractivity contribution in [2.75, 3.05) is 12.0 Å². The van der Waals surface area contributed by atoms with Crippen molar-refractivity contribution in [3.05, 3.63) is 24.2 Å². The van der Waals surface area contributed by atoms with Crippen molar-refractivity contribution in [3.63, 3.8) is 0 Å². The SMILES string of the molecule is CC(CCS(C)=O)NCc1ccco1. The van der Waals surface area contributed by atoms with E-state index in [1.165, 1.54) is 0 Å². The lowest BCUT2D eigenvalue weighted by atomic mass is 10.2. The first kappa shape index (κ1) is 11.5. The van der Waals surface area contributed by atoms with E-state index in [-0.39, 0.29) is 0 Å². The van der Waals surface area contributed by atoms with Crippen molar-refractivity contribution >= 4 is 10.8 Å². The summed E-state index contributed by atoms with van der Waals surface area (Å²) in [5, 5.41) is 3.31. The van der Waals surface area contributed by atoms with Gasteiger partial charge in [0, 0.05) is 28.9 Å². The fraction of sp³-hybridized carbons (Fsp3) is 0.600. The van der Waals surface area contributed by atoms with Gasteiger partial charge in [-0.25, -0.2) is 0 Å². The zero-order valence-electron chi connectivity index (χ0n) is 8.66. The molecule has 2 unspecified atom stereocenters. The summed E-state index contributed by atoms with van der Waals surface area (Å²) in [7, 11) is -0.690. The molecule has 0 radical (unpaired) electrons. The molecule has 0 amide bonds. The molecular weight excluding hydrogens is 198 g/mol. The van der Waals surface area contributed by atoms with Crippen molar-refractivity contribution in [2.24, 2.45) is 0 Å². The van der Waals surface area contributed by atoms with Crippen LogP contribution in [-0.4, -0.2) is 22.3 Å². The van der Waals surface area contributed by atoms with Gasteiger partial charge in [0.2, 0.25) is 0 Å². The first-order chi connectivity index (χ1) is 6.68. The van der Waals surface area contributed by atoms with Gasteiger partial charge in [-0.15, -0.1) is 0 Å². The van der Waals surface area contributed by atoms with Crippen molar-refractivity contribution in [1.82, 2.24) is 5.32 Å². The molecule has 14 heavy (non-hydrogen) atoms. The average molecular weight is 215 g/mol. The zero-order valence-corrected chi connectivity index (χ0v) is 9.47. The fourth-order valence-electron chi connectivity index (χ4n) is 1.13. The minimum absolute atomic E-state index is 0.379. The van der Waals surface area contributed by atoms with Gasteiger partial charge in [-0.3, -0.25) is 4.21 Å². The van der Waals surface area contributed by atoms with Gasteiger partial charge >= 0.3 is 0 Å². The largest absolute Gasteiger partial charge is 0.468 e. The smallest absolute Gasteiger partial charge is 0.117 e. The molecule has 1 heterocycles. The van der Waals surface area contributed by atoms with Crippen LogP contribution in [0.4, 0.5) is 0 Å². The minimum Gasteiger partial charge on any atom is -0.468 e. The van der Waals surface area contributed by atoms with E-state index in [0.717, 1.165) is 24.5 Å². The van der Waals surface area contributed by atoms with E-state index in [9.17, 15) is 4.21 Å². The Labute approximate surface area is 87.3 Å². The molecule has 2 atom stereocenters. The second-order valence-corrected chi connectivity index (χ2v) is 4.98. The lowest BCUT2D eigenvalue weighted by molar-refractivity contribution is 0.451. The van der Waals surface area contributed by atoms with E-state index < -0.39 is 10.8 Å². The molecule has 3 nitrogen and oxygen atoms in total. The Kier molecular flexibility index (Phi) is 4.90. The van der Waals surface area contributed by atoms with Gasteiger partial charge in [0.15, 0.2) is 0 Å². The lowest BCUT2D eigenvalue weighted by Gasteiger charge is -2.11. The molecule has 0 aliphatic carbocycles. The van der Waals surface area contributed by atoms with Crippen LogP contribution in [-0.2, 0) is 17.3 Å². The maximum Gasteiger partial charge on any atom is 0.117 e. The monoisotopic (exact) mass is 215 g/mol. The molecule has 0 aliphatic heterocycles. The molecule has 0 bridgehead atoms. The summed E-state index contributed by atoms with van der Waals surface area (Å²) in [4.78, 5) is 0. The fourth-order valence-corrected chi connectivity index (χ4v) is 1.82. The highest BCUT2D eigenvalue weighted by atomic mass is 32.2. The van der Waals surface area contributed by atoms with Crippen LogP contribution in [0.3, 0.4) is 0 Å². The van der Waals surface area contributed by atoms with Crippen molar-refractivity contribution in [2.45, 2.75) is 25.9 Å². The predicted octanol–water partition coefficient (Wildman–Crippen LogP) is 1.53. The van der Waals surface area contributed by atoms with Gasteiger partial charge in [-0.05, 0) is 25.5 Å². The highest BCUT2D eigenvalue weighted by Crippen LogP contribution is 2.00. The molecule has 1 aromatic heterocycles. The normalized spacial score (nSPS) is 15.3. The van der Waals surface area contributed by atoms with Gasteiger partial charge in [0.25, 0.3) is 0 Å². The summed E-state index contributed by atoms with van der Waals surface area (Å²) < 4.78 is 16.0. The maximum absolute atomic E-state index is 10.8. The highest BCUT2D eigenvalue weighted by molar-refractivity contribution is 7.84. The molecule has 0 fully saturated rings. The van der Waals surface area contributed by atoms with Gasteiger partial charge < -0.3 is 9.73 Å². The van der Waals surface area contributed by atoms with Gasteiger partial charge in [-0.1, -0.05) is 0 Å². The molecular formula is C10H17NO2S. The van der Waals surface area contributed by atoms with Gasteiger partial charge in [0.1, 0.15) is 5.76 Å². The molecule has 1 N–H and O–H groups in total. The van der Waals surface area contributed by atoms with E-state index in [2.05, 4.69) is 12.2 Å². The van der Waals surface area contributed by atoms with E-state index in [0.29, 0.717) is 6.04 Å². The van der Waals surface area contributed by atoms with Crippen molar-refractivity contribution < 1.29 is 8.63 Å². The van der Waals surface area contributed by atoms with Crippen LogP contribution >= 0.6 is 0 Å². The molecule has 0 saturated carbocycles. The van der Waals surface area contributed by atoms with Gasteiger partial charge in [-0.2, -0.15) is 0 Å². The van der Waals surface area contributed by atoms with Crippen LogP contribution in [0.15, 0.2) is 22.8 Å². The van der Waals surface area contributed by atoms with Crippen LogP contribution in [0.5, 0.6) is 0 Å². The third-order valence-corrected chi connectivity index (χ3v) is 2.85. The Morgan fingerprint density at radius 1 is 1.64 bits per heavy atom. The number of hydrogen-bond acceptors (Lipinski definition) is 3. The Morgan fingerprint density at radius 3 is 3.00 bits per heavy atom. The summed E-state index contributed by atoms with van der Waals surface area (Å²) in [6, 6.07) is 4.20. The Morgan fingerprint density at radius 2 is 2.43 bits per heavy atom. The van der Waals surface area contributed by atoms with Crippen LogP contribution < -0.4 is 5.32 Å². The molecule has 80 valence electrons. The molecule has 0 aromatic carbocycles. The van der Waals surface area contributed by atoms with Crippen LogP contribution in [0.25, 0.3) is 0 Å². The summed E-state index contributed by atoms with van der Waals surface area (Å²) in [6.45, 7) is 2.83. The third kappa shape index (κ3) is 4.58. The highest BCUT2D eigenvalue weighted by Gasteiger charge is 2.03. The molecule has 0 saturated heterocycles. The molecule has 1 aromatic rings. The first-order valence-electron chi connectivity index (χ1n) is 4.74. The summed E-state index contributed by atoms with van der Waals surface area (Å²) in [6.07, 6.45) is 4.34. The third-order valence-electron chi connectivity index (χ3n) is 2.04. The zero-order chi connectivity index (χ0) is 10.4. The lowest BCUT2D eigenvalue weighted by Crippen LogP contribution is -2.26. The van der Waals surface area contributed by atoms with Crippen LogP contribution in [0, 0.1) is 0 Å². The molecule has 0 spiro atoms. The summed E-state index contributed by atoms with van der Waals surface area (Å²) in [5.74, 6) is 1.70. The van der Waals surface area contributed by atoms with Crippen molar-refractivity contribution in [1.29, 1.82) is 0 Å². The number of hydrogen-bond donors (Lipinski definition) is 1. The number of nitrogens with one attached hydrogen (secondary N) is 1. The Balaban J connectivity index is 2.15. The Hall–Kier alpha value is -0.610. The summed E-state index contributed by atoms with van der Waals surface area (Å²) >= 11 is 0. The second kappa shape index (κ2) is 5.98. The van der Waals surface area contributed by atoms with E-state index in [1.807, 2.05) is 12.1 Å². The van der Waals surface area contributed by atoms with Crippen LogP contribution in [0.2, 0.25) is 0 Å². The van der Waals surface area contributed by atoms with E-state index in [4.69, 9.17) is 4.42 Å². The quantitative estimate of drug-likeness (QED) is 0.782. The average Bonchev–Trinajstić information content (AvgIpc) is 2.63. The molecule has 4 heteroatoms. The Bertz CT molecular complexity index is 272. The summed E-state index contributed by atoms with van der Waals surface area (Å²) in [5.41, 5.74) is 0. The molecule has 1 rings (SSSR count). The minimum atomic E-state index is -0.690. The second-order valence-electron chi connectivity index (χ2n) is 3.43. The maximum atomic E-state index is 10.8. The topological polar surface area (TPSA) is 42.2 Å². The number of furan rings is 1. The first-order valence-corrected chi connectivity index (χ1v) is 6.47. The van der Waals surface area contributed by atoms with E-state index in [1.54, 1.807) is 12.5 Å². The number of rotatable bonds is 6. The van der Waals surface area contributed by atoms with Gasteiger partial charge in [0.05, 0.1) is 12.8 Å². The molecule has 0 aliphatic rings.